The van der Waals surface area contributed by atoms with E-state index in [1.807, 2.05) is 0 Å². The van der Waals surface area contributed by atoms with Gasteiger partial charge in [-0.1, -0.05) is 30.5 Å². The van der Waals surface area contributed by atoms with Gasteiger partial charge in [-0.2, -0.15) is 4.99 Å². The van der Waals surface area contributed by atoms with Crippen molar-refractivity contribution < 1.29 is 15.0 Å². The molecular formula is C12H12ClNO3. The van der Waals surface area contributed by atoms with E-state index in [0.29, 0.717) is 18.4 Å². The SMILES string of the molecule is O=C=NC1(c2ccc(Cl)c(O)c2O)CCCC1. The maximum Gasteiger partial charge on any atom is 0.235 e. The summed E-state index contributed by atoms with van der Waals surface area (Å²) in [5, 5.41) is 19.6. The van der Waals surface area contributed by atoms with Crippen LogP contribution in [0.1, 0.15) is 31.2 Å². The van der Waals surface area contributed by atoms with E-state index < -0.39 is 5.54 Å². The third-order valence-electron chi connectivity index (χ3n) is 3.29. The number of isocyanates is 1. The summed E-state index contributed by atoms with van der Waals surface area (Å²) in [5.41, 5.74) is -0.311. The quantitative estimate of drug-likeness (QED) is 0.484. The van der Waals surface area contributed by atoms with E-state index in [4.69, 9.17) is 11.6 Å². The van der Waals surface area contributed by atoms with Crippen molar-refractivity contribution in [2.24, 2.45) is 4.99 Å². The summed E-state index contributed by atoms with van der Waals surface area (Å²) in [5.74, 6) is -0.657. The second-order valence-corrected chi connectivity index (χ2v) is 4.64. The molecule has 90 valence electrons. The van der Waals surface area contributed by atoms with Gasteiger partial charge in [0.2, 0.25) is 6.08 Å². The van der Waals surface area contributed by atoms with Gasteiger partial charge in [0, 0.05) is 5.56 Å². The standard InChI is InChI=1S/C12H12ClNO3/c13-9-4-3-8(10(16)11(9)17)12(14-7-15)5-1-2-6-12/h3-4,16-17H,1-2,5-6H2. The van der Waals surface area contributed by atoms with Gasteiger partial charge < -0.3 is 10.2 Å². The minimum absolute atomic E-state index is 0.0782. The Labute approximate surface area is 104 Å². The Morgan fingerprint density at radius 3 is 2.47 bits per heavy atom. The predicted molar refractivity (Wildman–Crippen MR) is 63.0 cm³/mol. The smallest absolute Gasteiger partial charge is 0.235 e. The first-order valence-corrected chi connectivity index (χ1v) is 5.78. The molecule has 5 heteroatoms. The minimum Gasteiger partial charge on any atom is -0.504 e. The van der Waals surface area contributed by atoms with Crippen molar-refractivity contribution in [3.05, 3.63) is 22.7 Å². The Bertz CT molecular complexity index is 489. The first kappa shape index (κ1) is 12.0. The lowest BCUT2D eigenvalue weighted by molar-refractivity contribution is 0.373. The molecule has 1 aromatic carbocycles. The number of hydrogen-bond donors (Lipinski definition) is 2. The molecule has 2 N–H and O–H groups in total. The Morgan fingerprint density at radius 1 is 1.24 bits per heavy atom. The van der Waals surface area contributed by atoms with Crippen LogP contribution in [0.3, 0.4) is 0 Å². The third-order valence-corrected chi connectivity index (χ3v) is 3.60. The molecular weight excluding hydrogens is 242 g/mol. The summed E-state index contributed by atoms with van der Waals surface area (Å²) in [6.07, 6.45) is 4.74. The van der Waals surface area contributed by atoms with E-state index in [1.165, 1.54) is 6.07 Å². The lowest BCUT2D eigenvalue weighted by atomic mass is 9.88. The zero-order valence-corrected chi connectivity index (χ0v) is 9.87. The number of halogens is 1. The van der Waals surface area contributed by atoms with Gasteiger partial charge in [0.1, 0.15) is 5.54 Å². The fraction of sp³-hybridized carbons (Fsp3) is 0.417. The van der Waals surface area contributed by atoms with E-state index >= 15 is 0 Å². The van der Waals surface area contributed by atoms with Gasteiger partial charge in [0.05, 0.1) is 5.02 Å². The van der Waals surface area contributed by atoms with Crippen LogP contribution in [-0.4, -0.2) is 16.3 Å². The van der Waals surface area contributed by atoms with Crippen molar-refractivity contribution in [1.82, 2.24) is 0 Å². The average molecular weight is 254 g/mol. The molecule has 0 spiro atoms. The molecule has 0 atom stereocenters. The van der Waals surface area contributed by atoms with Gasteiger partial charge in [-0.3, -0.25) is 0 Å². The molecule has 2 rings (SSSR count). The summed E-state index contributed by atoms with van der Waals surface area (Å²) in [4.78, 5) is 14.4. The highest BCUT2D eigenvalue weighted by molar-refractivity contribution is 6.32. The van der Waals surface area contributed by atoms with Gasteiger partial charge in [-0.25, -0.2) is 4.79 Å². The lowest BCUT2D eigenvalue weighted by Crippen LogP contribution is -2.19. The number of aliphatic imine (C=N–C) groups is 1. The monoisotopic (exact) mass is 253 g/mol. The number of rotatable bonds is 2. The van der Waals surface area contributed by atoms with E-state index in [1.54, 1.807) is 12.1 Å². The van der Waals surface area contributed by atoms with Crippen molar-refractivity contribution in [2.45, 2.75) is 31.2 Å². The first-order valence-electron chi connectivity index (χ1n) is 5.41. The van der Waals surface area contributed by atoms with Crippen molar-refractivity contribution in [3.8, 4) is 11.5 Å². The molecule has 1 saturated carbocycles. The molecule has 0 heterocycles. The van der Waals surface area contributed by atoms with Crippen LogP contribution in [-0.2, 0) is 10.3 Å². The summed E-state index contributed by atoms with van der Waals surface area (Å²) in [6, 6.07) is 3.09. The molecule has 1 aromatic rings. The molecule has 1 fully saturated rings. The van der Waals surface area contributed by atoms with Crippen LogP contribution in [0.2, 0.25) is 5.02 Å². The van der Waals surface area contributed by atoms with Crippen LogP contribution >= 0.6 is 11.6 Å². The van der Waals surface area contributed by atoms with Gasteiger partial charge >= 0.3 is 0 Å². The highest BCUT2D eigenvalue weighted by Crippen LogP contribution is 2.49. The fourth-order valence-corrected chi connectivity index (χ4v) is 2.57. The van der Waals surface area contributed by atoms with Crippen molar-refractivity contribution in [2.75, 3.05) is 0 Å². The van der Waals surface area contributed by atoms with E-state index in [-0.39, 0.29) is 16.5 Å². The maximum atomic E-state index is 10.5. The summed E-state index contributed by atoms with van der Waals surface area (Å²) >= 11 is 5.70. The molecule has 0 bridgehead atoms. The highest BCUT2D eigenvalue weighted by atomic mass is 35.5. The largest absolute Gasteiger partial charge is 0.504 e. The van der Waals surface area contributed by atoms with Crippen LogP contribution in [0.25, 0.3) is 0 Å². The number of nitrogens with zero attached hydrogens (tertiary/aromatic N) is 1. The fourth-order valence-electron chi connectivity index (χ4n) is 2.42. The van der Waals surface area contributed by atoms with Crippen LogP contribution < -0.4 is 0 Å². The topological polar surface area (TPSA) is 69.9 Å². The van der Waals surface area contributed by atoms with Gasteiger partial charge in [-0.05, 0) is 18.9 Å². The highest BCUT2D eigenvalue weighted by Gasteiger charge is 2.38. The van der Waals surface area contributed by atoms with Crippen molar-refractivity contribution >= 4 is 17.7 Å². The summed E-state index contributed by atoms with van der Waals surface area (Å²) in [7, 11) is 0. The van der Waals surface area contributed by atoms with Gasteiger partial charge in [0.25, 0.3) is 0 Å². The van der Waals surface area contributed by atoms with E-state index in [0.717, 1.165) is 12.8 Å². The zero-order chi connectivity index (χ0) is 12.5. The minimum atomic E-state index is -0.756. The van der Waals surface area contributed by atoms with Gasteiger partial charge in [-0.15, -0.1) is 0 Å². The van der Waals surface area contributed by atoms with Crippen molar-refractivity contribution in [1.29, 1.82) is 0 Å². The number of phenolic OH excluding ortho intramolecular Hbond substituents is 2. The summed E-state index contributed by atoms with van der Waals surface area (Å²) < 4.78 is 0. The van der Waals surface area contributed by atoms with E-state index in [9.17, 15) is 15.0 Å². The molecule has 0 unspecified atom stereocenters. The van der Waals surface area contributed by atoms with Gasteiger partial charge in [0.15, 0.2) is 11.5 Å². The number of aromatic hydroxyl groups is 2. The van der Waals surface area contributed by atoms with Crippen LogP contribution in [0.5, 0.6) is 11.5 Å². The number of hydrogen-bond acceptors (Lipinski definition) is 4. The second kappa shape index (κ2) is 4.40. The molecule has 0 aliphatic heterocycles. The average Bonchev–Trinajstić information content (AvgIpc) is 2.76. The molecule has 0 aromatic heterocycles. The van der Waals surface area contributed by atoms with Crippen LogP contribution in [0.15, 0.2) is 17.1 Å². The normalized spacial score (nSPS) is 17.7. The third kappa shape index (κ3) is 1.90. The molecule has 0 amide bonds. The molecule has 0 saturated heterocycles. The Balaban J connectivity index is 2.58. The summed E-state index contributed by atoms with van der Waals surface area (Å²) in [6.45, 7) is 0. The zero-order valence-electron chi connectivity index (χ0n) is 9.11. The number of benzene rings is 1. The van der Waals surface area contributed by atoms with Crippen molar-refractivity contribution in [3.63, 3.8) is 0 Å². The maximum absolute atomic E-state index is 10.5. The van der Waals surface area contributed by atoms with E-state index in [2.05, 4.69) is 4.99 Å². The number of carbonyl (C=O) groups excluding carboxylic acids is 1. The van der Waals surface area contributed by atoms with Crippen LogP contribution in [0.4, 0.5) is 0 Å². The number of phenols is 2. The Kier molecular flexibility index (Phi) is 3.09. The molecule has 1 aliphatic rings. The van der Waals surface area contributed by atoms with Crippen LogP contribution in [0, 0.1) is 0 Å². The molecule has 1 aliphatic carbocycles. The molecule has 0 radical (unpaired) electrons. The first-order chi connectivity index (χ1) is 8.10. The second-order valence-electron chi connectivity index (χ2n) is 4.23. The Hall–Kier alpha value is -1.51. The Morgan fingerprint density at radius 2 is 1.88 bits per heavy atom. The predicted octanol–water partition coefficient (Wildman–Crippen LogP) is 2.86. The molecule has 4 nitrogen and oxygen atoms in total. The molecule has 17 heavy (non-hydrogen) atoms. The lowest BCUT2D eigenvalue weighted by Gasteiger charge is -2.24.